The molecule has 0 aromatic heterocycles. The molecule has 0 N–H and O–H groups in total. The predicted octanol–water partition coefficient (Wildman–Crippen LogP) is -1.61. The van der Waals surface area contributed by atoms with E-state index in [0.717, 1.165) is 7.11 Å². The Hall–Kier alpha value is -0.160. The third kappa shape index (κ3) is 4.47. The number of carbonyl (C=O) groups is 1. The molecule has 76 valence electrons. The van der Waals surface area contributed by atoms with Gasteiger partial charge in [0, 0.05) is 7.11 Å². The minimum Gasteiger partial charge on any atom is -0.770 e. The molecule has 0 amide bonds. The molecule has 0 heterocycles. The van der Waals surface area contributed by atoms with Crippen molar-refractivity contribution in [1.82, 2.24) is 0 Å². The Bertz CT molecular complexity index is 367. The number of carbonyl (C=O) groups excluding carboxylic acids is 1. The summed E-state index contributed by atoms with van der Waals surface area (Å²) in [6.07, 6.45) is 0. The first-order valence-electron chi connectivity index (χ1n) is 3.70. The Morgan fingerprint density at radius 1 is 1.33 bits per heavy atom. The smallest absolute Gasteiger partial charge is 0.770 e. The number of hydrogen-bond donors (Lipinski definition) is 0. The zero-order valence-electron chi connectivity index (χ0n) is 8.38. The summed E-state index contributed by atoms with van der Waals surface area (Å²) in [7, 11) is -3.64. The molecule has 15 heavy (non-hydrogen) atoms. The maximum atomic E-state index is 10.9. The van der Waals surface area contributed by atoms with Crippen LogP contribution in [-0.4, -0.2) is 12.8 Å². The minimum absolute atomic E-state index is 0. The van der Waals surface area contributed by atoms with Gasteiger partial charge in [0.2, 0.25) is 7.60 Å². The van der Waals surface area contributed by atoms with Crippen molar-refractivity contribution in [3.63, 3.8) is 0 Å². The number of rotatable bonds is 3. The van der Waals surface area contributed by atoms with E-state index in [-0.39, 0.29) is 35.3 Å². The van der Waals surface area contributed by atoms with E-state index >= 15 is 0 Å². The first kappa shape index (κ1) is 14.8. The normalized spacial score (nSPS) is 13.5. The van der Waals surface area contributed by atoms with Gasteiger partial charge in [-0.05, 0) is 12.1 Å². The summed E-state index contributed by atoms with van der Waals surface area (Å²) in [4.78, 5) is 21.8. The van der Waals surface area contributed by atoms with E-state index in [0.29, 0.717) is 0 Å². The first-order valence-corrected chi connectivity index (χ1v) is 5.25. The van der Waals surface area contributed by atoms with Gasteiger partial charge < -0.3 is 14.2 Å². The maximum Gasteiger partial charge on any atom is 1.00 e. The van der Waals surface area contributed by atoms with Crippen LogP contribution in [0.3, 0.4) is 0 Å². The minimum atomic E-state index is -4.54. The van der Waals surface area contributed by atoms with Crippen molar-refractivity contribution in [3.05, 3.63) is 30.3 Å². The second kappa shape index (κ2) is 6.43. The van der Waals surface area contributed by atoms with Gasteiger partial charge in [0.25, 0.3) is 0 Å². The molecule has 0 radical (unpaired) electrons. The van der Waals surface area contributed by atoms with Crippen molar-refractivity contribution >= 4 is 13.3 Å². The fraction of sp³-hybridized carbons (Fsp3) is 0.125. The van der Waals surface area contributed by atoms with E-state index in [1.807, 2.05) is 0 Å². The molecule has 1 aromatic rings. The van der Waals surface area contributed by atoms with Crippen LogP contribution in [0.2, 0.25) is 0 Å². The molecule has 0 aliphatic rings. The second-order valence-corrected chi connectivity index (χ2v) is 4.09. The van der Waals surface area contributed by atoms with Crippen molar-refractivity contribution in [2.75, 3.05) is 7.11 Å². The maximum absolute atomic E-state index is 10.9. The van der Waals surface area contributed by atoms with E-state index in [1.54, 1.807) is 18.2 Å². The third-order valence-corrected chi connectivity index (χ3v) is 2.43. The van der Waals surface area contributed by atoms with Crippen LogP contribution in [0, 0.1) is 0 Å². The summed E-state index contributed by atoms with van der Waals surface area (Å²) in [6.45, 7) is 0. The van der Waals surface area contributed by atoms with Gasteiger partial charge in [-0.2, -0.15) is 0 Å². The Balaban J connectivity index is 0.00000196. The summed E-state index contributed by atoms with van der Waals surface area (Å²) in [5.74, 6) is 0.158. The fourth-order valence-electron chi connectivity index (χ4n) is 0.720. The fourth-order valence-corrected chi connectivity index (χ4v) is 1.09. The molecule has 1 rings (SSSR count). The average molecular weight is 238 g/mol. The number of hydrogen-bond acceptors (Lipinski definition) is 5. The Morgan fingerprint density at radius 2 is 1.87 bits per heavy atom. The van der Waals surface area contributed by atoms with Crippen molar-refractivity contribution in [1.29, 1.82) is 0 Å². The zero-order chi connectivity index (χ0) is 10.6. The molecular weight excluding hydrogens is 230 g/mol. The molecule has 0 spiro atoms. The molecule has 1 unspecified atom stereocenters. The molecule has 0 saturated carbocycles. The molecule has 0 bridgehead atoms. The Morgan fingerprint density at radius 3 is 2.33 bits per heavy atom. The largest absolute Gasteiger partial charge is 1.00 e. The van der Waals surface area contributed by atoms with Crippen molar-refractivity contribution in [3.8, 4) is 5.75 Å². The van der Waals surface area contributed by atoms with Gasteiger partial charge in [0.05, 0.1) is 0 Å². The molecule has 0 aliphatic heterocycles. The molecule has 5 nitrogen and oxygen atoms in total. The second-order valence-electron chi connectivity index (χ2n) is 2.36. The predicted molar refractivity (Wildman–Crippen MR) is 47.1 cm³/mol. The van der Waals surface area contributed by atoms with Gasteiger partial charge in [0.15, 0.2) is 0 Å². The van der Waals surface area contributed by atoms with E-state index in [2.05, 4.69) is 9.26 Å². The van der Waals surface area contributed by atoms with Crippen LogP contribution in [0.5, 0.6) is 5.75 Å². The molecule has 0 aliphatic carbocycles. The topological polar surface area (TPSA) is 75.7 Å². The Labute approximate surface area is 109 Å². The van der Waals surface area contributed by atoms with Gasteiger partial charge in [0.1, 0.15) is 5.75 Å². The van der Waals surface area contributed by atoms with Crippen LogP contribution in [-0.2, 0) is 9.09 Å². The Kier molecular flexibility index (Phi) is 6.36. The van der Waals surface area contributed by atoms with Crippen LogP contribution in [0.15, 0.2) is 30.3 Å². The monoisotopic (exact) mass is 238 g/mol. The van der Waals surface area contributed by atoms with Crippen LogP contribution in [0.25, 0.3) is 0 Å². The summed E-state index contributed by atoms with van der Waals surface area (Å²) in [6, 6.07) is 7.88. The van der Waals surface area contributed by atoms with Gasteiger partial charge in [-0.15, -0.1) is 0 Å². The third-order valence-electron chi connectivity index (χ3n) is 1.41. The SMILES string of the molecule is COP(=O)([O-])C(=O)Oc1ccccc1.[Na+]. The van der Waals surface area contributed by atoms with Crippen molar-refractivity contribution < 1.29 is 53.1 Å². The van der Waals surface area contributed by atoms with E-state index < -0.39 is 13.3 Å². The number of ether oxygens (including phenoxy) is 1. The summed E-state index contributed by atoms with van der Waals surface area (Å²) >= 11 is 0. The average Bonchev–Trinajstić information content (AvgIpc) is 2.19. The van der Waals surface area contributed by atoms with Crippen molar-refractivity contribution in [2.45, 2.75) is 0 Å². The van der Waals surface area contributed by atoms with Crippen LogP contribution in [0.1, 0.15) is 0 Å². The van der Waals surface area contributed by atoms with E-state index in [1.165, 1.54) is 12.1 Å². The van der Waals surface area contributed by atoms with Gasteiger partial charge >= 0.3 is 35.3 Å². The molecule has 0 saturated heterocycles. The standard InChI is InChI=1S/C8H9O5P.Na/c1-12-14(10,11)8(9)13-7-5-3-2-4-6-7;/h2-6H,1H3,(H,10,11);/q;+1/p-1. The van der Waals surface area contributed by atoms with Crippen molar-refractivity contribution in [2.24, 2.45) is 0 Å². The number of benzene rings is 1. The van der Waals surface area contributed by atoms with E-state index in [4.69, 9.17) is 0 Å². The molecule has 1 aromatic carbocycles. The van der Waals surface area contributed by atoms with Gasteiger partial charge in [-0.3, -0.25) is 4.57 Å². The zero-order valence-corrected chi connectivity index (χ0v) is 11.3. The molecular formula is C8H8NaO5P. The summed E-state index contributed by atoms with van der Waals surface area (Å²) in [5.41, 5.74) is -1.40. The molecule has 7 heteroatoms. The van der Waals surface area contributed by atoms with E-state index in [9.17, 15) is 14.3 Å². The summed E-state index contributed by atoms with van der Waals surface area (Å²) in [5, 5.41) is 0. The first-order chi connectivity index (χ1) is 6.56. The van der Waals surface area contributed by atoms with Crippen LogP contribution in [0.4, 0.5) is 4.79 Å². The number of para-hydroxylation sites is 1. The van der Waals surface area contributed by atoms with Crippen LogP contribution >= 0.6 is 7.60 Å². The molecule has 0 fully saturated rings. The van der Waals surface area contributed by atoms with Crippen LogP contribution < -0.4 is 39.2 Å². The van der Waals surface area contributed by atoms with Gasteiger partial charge in [-0.1, -0.05) is 18.2 Å². The molecule has 1 atom stereocenters. The summed E-state index contributed by atoms with van der Waals surface area (Å²) < 4.78 is 19.4. The van der Waals surface area contributed by atoms with Gasteiger partial charge in [-0.25, -0.2) is 4.79 Å². The quantitative estimate of drug-likeness (QED) is 0.467.